The van der Waals surface area contributed by atoms with E-state index < -0.39 is 0 Å². The number of nitrogens with zero attached hydrogens (tertiary/aromatic N) is 3. The number of guanidine groups is 1. The zero-order valence-corrected chi connectivity index (χ0v) is 19.6. The lowest BCUT2D eigenvalue weighted by molar-refractivity contribution is 0.126. The van der Waals surface area contributed by atoms with Crippen LogP contribution in [0.25, 0.3) is 10.2 Å². The van der Waals surface area contributed by atoms with Gasteiger partial charge in [0.1, 0.15) is 0 Å². The molecular weight excluding hydrogens is 402 g/mol. The van der Waals surface area contributed by atoms with Gasteiger partial charge in [0.15, 0.2) is 5.96 Å². The van der Waals surface area contributed by atoms with Crippen LogP contribution in [0.15, 0.2) is 54.0 Å². The Morgan fingerprint density at radius 1 is 1.03 bits per heavy atom. The second-order valence-electron chi connectivity index (χ2n) is 9.64. The molecule has 3 aromatic rings. The average molecular weight is 436 g/mol. The second-order valence-corrected chi connectivity index (χ2v) is 10.5. The maximum absolute atomic E-state index is 8.31. The van der Waals surface area contributed by atoms with Crippen molar-refractivity contribution in [1.82, 2.24) is 9.88 Å². The minimum atomic E-state index is 0.100. The summed E-state index contributed by atoms with van der Waals surface area (Å²) in [4.78, 5) is 8.75. The Bertz CT molecular complexity index is 1030. The van der Waals surface area contributed by atoms with E-state index >= 15 is 0 Å². The molecule has 3 N–H and O–H groups in total. The van der Waals surface area contributed by atoms with Crippen molar-refractivity contribution >= 4 is 33.2 Å². The Balaban J connectivity index is 1.58. The van der Waals surface area contributed by atoms with Gasteiger partial charge >= 0.3 is 0 Å². The van der Waals surface area contributed by atoms with E-state index in [2.05, 4.69) is 67.3 Å². The average Bonchev–Trinajstić information content (AvgIpc) is 3.23. The van der Waals surface area contributed by atoms with Gasteiger partial charge in [-0.1, -0.05) is 43.3 Å². The van der Waals surface area contributed by atoms with E-state index in [0.29, 0.717) is 0 Å². The van der Waals surface area contributed by atoms with Crippen molar-refractivity contribution in [3.8, 4) is 0 Å². The van der Waals surface area contributed by atoms with Crippen LogP contribution in [0, 0.1) is 10.8 Å². The van der Waals surface area contributed by atoms with Crippen LogP contribution in [0.5, 0.6) is 0 Å². The summed E-state index contributed by atoms with van der Waals surface area (Å²) < 4.78 is 1.10. The third-order valence-corrected chi connectivity index (χ3v) is 7.74. The maximum Gasteiger partial charge on any atom is 0.193 e. The summed E-state index contributed by atoms with van der Waals surface area (Å²) in [6.07, 6.45) is 4.50. The van der Waals surface area contributed by atoms with Crippen LogP contribution in [0.2, 0.25) is 0 Å². The molecule has 1 aliphatic rings. The van der Waals surface area contributed by atoms with E-state index in [4.69, 9.17) is 11.1 Å². The molecule has 0 amide bonds. The summed E-state index contributed by atoms with van der Waals surface area (Å²) in [5.41, 5.74) is 11.7. The highest BCUT2D eigenvalue weighted by Gasteiger charge is 2.42. The SMILES string of the molecule is CN(C)CC1(c2ccccc2)CCC(C)(CN(C(=N)N)c2cccc3ncsc23)CC1. The van der Waals surface area contributed by atoms with Gasteiger partial charge in [0.25, 0.3) is 0 Å². The Labute approximate surface area is 189 Å². The molecule has 0 atom stereocenters. The predicted molar refractivity (Wildman–Crippen MR) is 132 cm³/mol. The van der Waals surface area contributed by atoms with Crippen molar-refractivity contribution in [2.24, 2.45) is 11.1 Å². The lowest BCUT2D eigenvalue weighted by Crippen LogP contribution is -2.48. The zero-order valence-electron chi connectivity index (χ0n) is 18.8. The van der Waals surface area contributed by atoms with Crippen LogP contribution in [-0.4, -0.2) is 43.0 Å². The number of fused-ring (bicyclic) bond motifs is 1. The fourth-order valence-electron chi connectivity index (χ4n) is 5.19. The minimum absolute atomic E-state index is 0.100. The van der Waals surface area contributed by atoms with Crippen LogP contribution in [0.1, 0.15) is 38.2 Å². The molecule has 0 bridgehead atoms. The Kier molecular flexibility index (Phi) is 6.04. The first-order valence-corrected chi connectivity index (χ1v) is 11.8. The third-order valence-electron chi connectivity index (χ3n) is 6.88. The van der Waals surface area contributed by atoms with Crippen LogP contribution >= 0.6 is 11.3 Å². The van der Waals surface area contributed by atoms with Crippen LogP contribution in [-0.2, 0) is 5.41 Å². The fourth-order valence-corrected chi connectivity index (χ4v) is 6.00. The van der Waals surface area contributed by atoms with Gasteiger partial charge in [0.2, 0.25) is 0 Å². The van der Waals surface area contributed by atoms with Gasteiger partial charge in [-0.3, -0.25) is 5.41 Å². The standard InChI is InChI=1S/C25H33N5S/c1-24(16-30(23(26)27)21-11-7-10-20-22(21)31-18-28-20)12-14-25(15-13-24,17-29(2)3)19-8-5-4-6-9-19/h4-11,18H,12-17H2,1-3H3,(H3,26,27). The minimum Gasteiger partial charge on any atom is -0.370 e. The number of aromatic nitrogens is 1. The van der Waals surface area contributed by atoms with Crippen molar-refractivity contribution < 1.29 is 0 Å². The number of nitrogens with one attached hydrogen (secondary N) is 1. The summed E-state index contributed by atoms with van der Waals surface area (Å²) in [6.45, 7) is 4.18. The number of hydrogen-bond acceptors (Lipinski definition) is 4. The molecule has 0 saturated heterocycles. The molecule has 1 heterocycles. The van der Waals surface area contributed by atoms with Gasteiger partial charge in [0, 0.05) is 18.5 Å². The predicted octanol–water partition coefficient (Wildman–Crippen LogP) is 5.08. The quantitative estimate of drug-likeness (QED) is 0.419. The molecule has 6 heteroatoms. The molecule has 0 aliphatic heterocycles. The smallest absolute Gasteiger partial charge is 0.193 e. The molecule has 0 radical (unpaired) electrons. The van der Waals surface area contributed by atoms with Gasteiger partial charge in [-0.2, -0.15) is 0 Å². The van der Waals surface area contributed by atoms with E-state index in [1.54, 1.807) is 11.3 Å². The highest BCUT2D eigenvalue weighted by molar-refractivity contribution is 7.17. The second kappa shape index (κ2) is 8.60. The Morgan fingerprint density at radius 2 is 1.74 bits per heavy atom. The van der Waals surface area contributed by atoms with Crippen molar-refractivity contribution in [2.75, 3.05) is 32.1 Å². The van der Waals surface area contributed by atoms with Crippen LogP contribution in [0.4, 0.5) is 5.69 Å². The van der Waals surface area contributed by atoms with E-state index in [-0.39, 0.29) is 16.8 Å². The number of nitrogens with two attached hydrogens (primary N) is 1. The zero-order chi connectivity index (χ0) is 22.1. The number of thiazole rings is 1. The Morgan fingerprint density at radius 3 is 2.39 bits per heavy atom. The first-order chi connectivity index (χ1) is 14.8. The van der Waals surface area contributed by atoms with E-state index in [9.17, 15) is 0 Å². The summed E-state index contributed by atoms with van der Waals surface area (Å²) in [7, 11) is 4.34. The molecule has 1 fully saturated rings. The normalized spacial score (nSPS) is 23.9. The van der Waals surface area contributed by atoms with E-state index in [1.165, 1.54) is 5.56 Å². The molecule has 5 nitrogen and oxygen atoms in total. The van der Waals surface area contributed by atoms with Crippen LogP contribution < -0.4 is 10.6 Å². The highest BCUT2D eigenvalue weighted by atomic mass is 32.1. The monoisotopic (exact) mass is 435 g/mol. The molecule has 2 aromatic carbocycles. The number of benzene rings is 2. The van der Waals surface area contributed by atoms with Crippen molar-refractivity contribution in [3.05, 3.63) is 59.6 Å². The van der Waals surface area contributed by atoms with Crippen LogP contribution in [0.3, 0.4) is 0 Å². The number of hydrogen-bond donors (Lipinski definition) is 2. The van der Waals surface area contributed by atoms with Crippen molar-refractivity contribution in [1.29, 1.82) is 5.41 Å². The summed E-state index contributed by atoms with van der Waals surface area (Å²) in [5.74, 6) is 0.107. The van der Waals surface area contributed by atoms with Gasteiger partial charge in [0.05, 0.1) is 21.4 Å². The molecule has 4 rings (SSSR count). The summed E-state index contributed by atoms with van der Waals surface area (Å²) in [5, 5.41) is 8.31. The molecule has 0 spiro atoms. The summed E-state index contributed by atoms with van der Waals surface area (Å²) >= 11 is 1.61. The maximum atomic E-state index is 8.31. The molecule has 31 heavy (non-hydrogen) atoms. The molecule has 0 unspecified atom stereocenters. The fraction of sp³-hybridized carbons (Fsp3) is 0.440. The first kappa shape index (κ1) is 21.8. The van der Waals surface area contributed by atoms with Gasteiger partial charge in [-0.25, -0.2) is 4.98 Å². The van der Waals surface area contributed by atoms with Crippen molar-refractivity contribution in [2.45, 2.75) is 38.0 Å². The first-order valence-electron chi connectivity index (χ1n) is 11.0. The molecule has 1 aliphatic carbocycles. The summed E-state index contributed by atoms with van der Waals surface area (Å²) in [6, 6.07) is 17.1. The van der Waals surface area contributed by atoms with Gasteiger partial charge in [-0.05, 0) is 62.9 Å². The third kappa shape index (κ3) is 4.46. The molecule has 1 aromatic heterocycles. The molecular formula is C25H33N5S. The highest BCUT2D eigenvalue weighted by Crippen LogP contribution is 2.48. The van der Waals surface area contributed by atoms with Gasteiger partial charge in [-0.15, -0.1) is 11.3 Å². The van der Waals surface area contributed by atoms with E-state index in [0.717, 1.165) is 54.7 Å². The van der Waals surface area contributed by atoms with Gasteiger partial charge < -0.3 is 15.5 Å². The lowest BCUT2D eigenvalue weighted by Gasteiger charge is -2.48. The largest absolute Gasteiger partial charge is 0.370 e. The molecule has 164 valence electrons. The Hall–Kier alpha value is -2.44. The number of rotatable bonds is 6. The number of anilines is 1. The van der Waals surface area contributed by atoms with Crippen molar-refractivity contribution in [3.63, 3.8) is 0 Å². The topological polar surface area (TPSA) is 69.2 Å². The lowest BCUT2D eigenvalue weighted by atomic mass is 9.61. The van der Waals surface area contributed by atoms with E-state index in [1.807, 2.05) is 22.5 Å². The number of likely N-dealkylation sites (N-methyl/N-ethyl adjacent to an activating group) is 1. The molecule has 1 saturated carbocycles.